The van der Waals surface area contributed by atoms with Gasteiger partial charge in [0.15, 0.2) is 6.54 Å². The molecule has 1 aliphatic heterocycles. The van der Waals surface area contributed by atoms with Crippen molar-refractivity contribution in [1.82, 2.24) is 10.2 Å². The Kier molecular flexibility index (Phi) is 6.03. The Labute approximate surface area is 160 Å². The van der Waals surface area contributed by atoms with E-state index in [0.717, 1.165) is 43.9 Å². The number of hydrogen-bond donors (Lipinski definition) is 2. The van der Waals surface area contributed by atoms with E-state index >= 15 is 0 Å². The van der Waals surface area contributed by atoms with Crippen molar-refractivity contribution >= 4 is 23.2 Å². The van der Waals surface area contributed by atoms with Gasteiger partial charge >= 0.3 is 0 Å². The van der Waals surface area contributed by atoms with Crippen molar-refractivity contribution in [3.8, 4) is 0 Å². The van der Waals surface area contributed by atoms with E-state index in [1.54, 1.807) is 11.3 Å². The maximum absolute atomic E-state index is 12.9. The highest BCUT2D eigenvalue weighted by molar-refractivity contribution is 7.14. The molecule has 0 saturated carbocycles. The highest BCUT2D eigenvalue weighted by Crippen LogP contribution is 2.29. The summed E-state index contributed by atoms with van der Waals surface area (Å²) in [5.41, 5.74) is 1.21. The molecule has 0 bridgehead atoms. The van der Waals surface area contributed by atoms with Gasteiger partial charge in [0.05, 0.1) is 31.1 Å². The molecular weight excluding hydrogens is 346 g/mol. The summed E-state index contributed by atoms with van der Waals surface area (Å²) in [4.78, 5) is 30.5. The molecule has 1 aliphatic carbocycles. The molecule has 0 atom stereocenters. The van der Waals surface area contributed by atoms with Crippen LogP contribution in [-0.2, 0) is 17.6 Å². The molecule has 1 saturated heterocycles. The summed E-state index contributed by atoms with van der Waals surface area (Å²) < 4.78 is 0. The molecule has 5 nitrogen and oxygen atoms in total. The third-order valence-corrected chi connectivity index (χ3v) is 6.37. The summed E-state index contributed by atoms with van der Waals surface area (Å²) in [6, 6.07) is 2.14. The van der Waals surface area contributed by atoms with Gasteiger partial charge in [-0.3, -0.25) is 9.59 Å². The van der Waals surface area contributed by atoms with Crippen molar-refractivity contribution in [1.29, 1.82) is 0 Å². The van der Waals surface area contributed by atoms with Gasteiger partial charge in [-0.1, -0.05) is 6.42 Å². The van der Waals surface area contributed by atoms with Crippen molar-refractivity contribution in [2.45, 2.75) is 58.4 Å². The van der Waals surface area contributed by atoms with Gasteiger partial charge in [0, 0.05) is 10.4 Å². The maximum atomic E-state index is 12.9. The molecule has 26 heavy (non-hydrogen) atoms. The number of nitrogens with zero attached hydrogens (tertiary/aromatic N) is 1. The van der Waals surface area contributed by atoms with E-state index in [9.17, 15) is 9.59 Å². The van der Waals surface area contributed by atoms with Crippen LogP contribution in [0.2, 0.25) is 0 Å². The normalized spacial score (nSPS) is 19.0. The molecule has 2 heterocycles. The van der Waals surface area contributed by atoms with Gasteiger partial charge in [-0.05, 0) is 58.1 Å². The van der Waals surface area contributed by atoms with Crippen molar-refractivity contribution in [3.05, 3.63) is 21.4 Å². The monoisotopic (exact) mass is 378 g/mol. The highest BCUT2D eigenvalue weighted by atomic mass is 32.1. The molecule has 2 N–H and O–H groups in total. The summed E-state index contributed by atoms with van der Waals surface area (Å²) >= 11 is 1.71. The molecule has 0 aromatic carbocycles. The lowest BCUT2D eigenvalue weighted by Crippen LogP contribution is -3.16. The number of amides is 2. The van der Waals surface area contributed by atoms with Crippen molar-refractivity contribution in [2.75, 3.05) is 32.7 Å². The summed E-state index contributed by atoms with van der Waals surface area (Å²) in [5.74, 6) is 0.274. The van der Waals surface area contributed by atoms with Crippen molar-refractivity contribution < 1.29 is 14.5 Å². The van der Waals surface area contributed by atoms with Gasteiger partial charge in [0.25, 0.3) is 11.8 Å². The third-order valence-electron chi connectivity index (χ3n) is 5.14. The molecule has 144 valence electrons. The predicted molar refractivity (Wildman–Crippen MR) is 105 cm³/mol. The molecule has 0 spiro atoms. The Hall–Kier alpha value is -1.40. The third kappa shape index (κ3) is 5.07. The number of nitrogens with one attached hydrogen (secondary N) is 2. The Balaban J connectivity index is 1.52. The minimum absolute atomic E-state index is 0.0919. The number of piperazine rings is 1. The van der Waals surface area contributed by atoms with E-state index in [4.69, 9.17) is 0 Å². The molecule has 6 heteroatoms. The summed E-state index contributed by atoms with van der Waals surface area (Å²) in [5, 5.41) is 3.02. The minimum atomic E-state index is -0.189. The van der Waals surface area contributed by atoms with Gasteiger partial charge < -0.3 is 15.1 Å². The van der Waals surface area contributed by atoms with Crippen LogP contribution in [-0.4, -0.2) is 55.0 Å². The average molecular weight is 379 g/mol. The van der Waals surface area contributed by atoms with Crippen LogP contribution < -0.4 is 10.2 Å². The summed E-state index contributed by atoms with van der Waals surface area (Å²) in [7, 11) is 0. The van der Waals surface area contributed by atoms with E-state index in [-0.39, 0.29) is 17.4 Å². The second-order valence-corrected chi connectivity index (χ2v) is 9.77. The first kappa shape index (κ1) is 19.4. The van der Waals surface area contributed by atoms with Crippen LogP contribution in [0.15, 0.2) is 6.07 Å². The Morgan fingerprint density at radius 1 is 1.15 bits per heavy atom. The van der Waals surface area contributed by atoms with E-state index in [1.807, 2.05) is 25.7 Å². The van der Waals surface area contributed by atoms with E-state index in [1.165, 1.54) is 34.6 Å². The Morgan fingerprint density at radius 3 is 2.54 bits per heavy atom. The smallest absolute Gasteiger partial charge is 0.275 e. The molecule has 1 aromatic rings. The number of fused-ring (bicyclic) bond motifs is 1. The van der Waals surface area contributed by atoms with Gasteiger partial charge in [-0.2, -0.15) is 0 Å². The number of hydrogen-bond acceptors (Lipinski definition) is 3. The van der Waals surface area contributed by atoms with E-state index in [2.05, 4.69) is 11.4 Å². The molecule has 2 aliphatic rings. The maximum Gasteiger partial charge on any atom is 0.275 e. The van der Waals surface area contributed by atoms with Crippen LogP contribution in [0.5, 0.6) is 0 Å². The van der Waals surface area contributed by atoms with Crippen LogP contribution >= 0.6 is 11.3 Å². The molecular formula is C20H32N3O2S+. The number of thiophene rings is 1. The van der Waals surface area contributed by atoms with Gasteiger partial charge in [-0.25, -0.2) is 0 Å². The fourth-order valence-electron chi connectivity index (χ4n) is 3.82. The lowest BCUT2D eigenvalue weighted by molar-refractivity contribution is -0.896. The van der Waals surface area contributed by atoms with Crippen molar-refractivity contribution in [2.24, 2.45) is 0 Å². The van der Waals surface area contributed by atoms with Gasteiger partial charge in [-0.15, -0.1) is 11.3 Å². The summed E-state index contributed by atoms with van der Waals surface area (Å²) in [6.45, 7) is 9.65. The second kappa shape index (κ2) is 8.09. The predicted octanol–water partition coefficient (Wildman–Crippen LogP) is 1.27. The molecule has 1 aromatic heterocycles. The second-order valence-electron chi connectivity index (χ2n) is 8.64. The summed E-state index contributed by atoms with van der Waals surface area (Å²) in [6.07, 6.45) is 6.06. The lowest BCUT2D eigenvalue weighted by Gasteiger charge is -2.32. The lowest BCUT2D eigenvalue weighted by atomic mass is 10.1. The average Bonchev–Trinajstić information content (AvgIpc) is 2.84. The Morgan fingerprint density at radius 2 is 1.85 bits per heavy atom. The zero-order valence-corrected chi connectivity index (χ0v) is 17.1. The minimum Gasteiger partial charge on any atom is -0.347 e. The zero-order valence-electron chi connectivity index (χ0n) is 16.3. The topological polar surface area (TPSA) is 53.9 Å². The van der Waals surface area contributed by atoms with Crippen LogP contribution in [0.4, 0.5) is 0 Å². The molecule has 0 unspecified atom stereocenters. The van der Waals surface area contributed by atoms with Crippen LogP contribution in [0, 0.1) is 0 Å². The number of carbonyl (C=O) groups excluding carboxylic acids is 2. The fourth-order valence-corrected chi connectivity index (χ4v) is 5.04. The van der Waals surface area contributed by atoms with Crippen molar-refractivity contribution in [3.63, 3.8) is 0 Å². The molecule has 2 amide bonds. The zero-order chi connectivity index (χ0) is 18.7. The number of carbonyl (C=O) groups is 2. The number of quaternary nitrogens is 1. The Bertz CT molecular complexity index is 631. The van der Waals surface area contributed by atoms with Crippen LogP contribution in [0.3, 0.4) is 0 Å². The standard InChI is InChI=1S/C20H31N3O2S/c1-20(2,3)21-18(24)14-22-9-11-23(12-10-22)19(25)17-13-15-7-5-4-6-8-16(15)26-17/h13H,4-12,14H2,1-3H3,(H,21,24)/p+1. The number of aryl methyl sites for hydroxylation is 2. The number of rotatable bonds is 3. The quantitative estimate of drug-likeness (QED) is 0.779. The van der Waals surface area contributed by atoms with Gasteiger partial charge in [0.2, 0.25) is 0 Å². The first-order valence-corrected chi connectivity index (χ1v) is 10.7. The fraction of sp³-hybridized carbons (Fsp3) is 0.700. The van der Waals surface area contributed by atoms with Gasteiger partial charge in [0.1, 0.15) is 0 Å². The first-order valence-electron chi connectivity index (χ1n) is 9.87. The van der Waals surface area contributed by atoms with Crippen LogP contribution in [0.1, 0.15) is 60.1 Å². The SMILES string of the molecule is CC(C)(C)NC(=O)C[NH+]1CCN(C(=O)c2cc3c(s2)CCCCC3)CC1. The molecule has 1 fully saturated rings. The highest BCUT2D eigenvalue weighted by Gasteiger charge is 2.28. The first-order chi connectivity index (χ1) is 12.3. The largest absolute Gasteiger partial charge is 0.347 e. The van der Waals surface area contributed by atoms with E-state index in [0.29, 0.717) is 6.54 Å². The van der Waals surface area contributed by atoms with Crippen LogP contribution in [0.25, 0.3) is 0 Å². The van der Waals surface area contributed by atoms with E-state index < -0.39 is 0 Å². The molecule has 3 rings (SSSR count). The molecule has 0 radical (unpaired) electrons.